The fourth-order valence-electron chi connectivity index (χ4n) is 3.11. The van der Waals surface area contributed by atoms with E-state index in [-0.39, 0.29) is 22.1 Å². The number of sulfone groups is 1. The van der Waals surface area contributed by atoms with Crippen LogP contribution in [-0.2, 0) is 9.84 Å². The molecular formula is C16H34N2O2S. The number of rotatable bonds is 7. The number of piperazine rings is 1. The van der Waals surface area contributed by atoms with Crippen LogP contribution in [0.3, 0.4) is 0 Å². The summed E-state index contributed by atoms with van der Waals surface area (Å²) >= 11 is 0. The van der Waals surface area contributed by atoms with E-state index in [1.165, 1.54) is 0 Å². The van der Waals surface area contributed by atoms with Crippen molar-refractivity contribution in [2.24, 2.45) is 0 Å². The van der Waals surface area contributed by atoms with Gasteiger partial charge in [0.1, 0.15) is 0 Å². The van der Waals surface area contributed by atoms with E-state index in [1.54, 1.807) is 13.8 Å². The van der Waals surface area contributed by atoms with Crippen molar-refractivity contribution < 1.29 is 8.42 Å². The Morgan fingerprint density at radius 3 is 2.14 bits per heavy atom. The molecule has 0 radical (unpaired) electrons. The maximum absolute atomic E-state index is 12.1. The summed E-state index contributed by atoms with van der Waals surface area (Å²) in [5, 5.41) is 3.41. The number of hydrogen-bond acceptors (Lipinski definition) is 4. The molecule has 1 unspecified atom stereocenters. The summed E-state index contributed by atoms with van der Waals surface area (Å²) in [6.07, 6.45) is 3.17. The summed E-state index contributed by atoms with van der Waals surface area (Å²) in [4.78, 5) is 2.44. The fourth-order valence-corrected chi connectivity index (χ4v) is 4.05. The molecule has 1 aliphatic heterocycles. The van der Waals surface area contributed by atoms with Crippen LogP contribution in [0.15, 0.2) is 0 Å². The zero-order chi connectivity index (χ0) is 16.3. The molecule has 0 aromatic rings. The van der Waals surface area contributed by atoms with Gasteiger partial charge in [-0.3, -0.25) is 4.90 Å². The molecule has 0 amide bonds. The first kappa shape index (κ1) is 18.9. The van der Waals surface area contributed by atoms with Gasteiger partial charge in [-0.15, -0.1) is 0 Å². The van der Waals surface area contributed by atoms with Crippen LogP contribution < -0.4 is 5.32 Å². The molecule has 1 N–H and O–H groups in total. The molecule has 0 aromatic heterocycles. The lowest BCUT2D eigenvalue weighted by molar-refractivity contribution is 0.00715. The summed E-state index contributed by atoms with van der Waals surface area (Å²) in [5.74, 6) is 0.270. The average molecular weight is 319 g/mol. The molecule has 0 saturated carbocycles. The minimum atomic E-state index is -2.97. The van der Waals surface area contributed by atoms with Gasteiger partial charge in [0.15, 0.2) is 9.84 Å². The zero-order valence-electron chi connectivity index (χ0n) is 14.7. The van der Waals surface area contributed by atoms with Crippen LogP contribution >= 0.6 is 0 Å². The van der Waals surface area contributed by atoms with Crippen molar-refractivity contribution in [3.63, 3.8) is 0 Å². The molecule has 0 bridgehead atoms. The third-order valence-electron chi connectivity index (χ3n) is 5.52. The number of nitrogens with zero attached hydrogens (tertiary/aromatic N) is 1. The molecule has 1 saturated heterocycles. The van der Waals surface area contributed by atoms with Crippen LogP contribution in [0, 0.1) is 0 Å². The van der Waals surface area contributed by atoms with Crippen molar-refractivity contribution in [3.8, 4) is 0 Å². The Kier molecular flexibility index (Phi) is 6.28. The highest BCUT2D eigenvalue weighted by atomic mass is 32.2. The molecule has 1 fully saturated rings. The van der Waals surface area contributed by atoms with Crippen LogP contribution in [0.5, 0.6) is 0 Å². The molecule has 4 nitrogen and oxygen atoms in total. The standard InChI is InChI=1S/C16H34N2O2S/c1-7-15(6)13-18(10-11-21(19,20)14(4)5)16(8-2,9-3)12-17-15/h14,17H,7-13H2,1-6H3. The van der Waals surface area contributed by atoms with Gasteiger partial charge in [0, 0.05) is 30.7 Å². The second-order valence-electron chi connectivity index (χ2n) is 7.04. The van der Waals surface area contributed by atoms with E-state index in [4.69, 9.17) is 0 Å². The summed E-state index contributed by atoms with van der Waals surface area (Å²) in [6.45, 7) is 14.9. The lowest BCUT2D eigenvalue weighted by Crippen LogP contribution is -2.69. The van der Waals surface area contributed by atoms with Gasteiger partial charge in [0.05, 0.1) is 11.0 Å². The Morgan fingerprint density at radius 2 is 1.71 bits per heavy atom. The SMILES string of the molecule is CCC1(C)CN(CCS(=O)(=O)C(C)C)C(CC)(CC)CN1. The molecule has 0 spiro atoms. The largest absolute Gasteiger partial charge is 0.308 e. The van der Waals surface area contributed by atoms with Gasteiger partial charge < -0.3 is 5.32 Å². The summed E-state index contributed by atoms with van der Waals surface area (Å²) in [7, 11) is -2.97. The summed E-state index contributed by atoms with van der Waals surface area (Å²) < 4.78 is 24.3. The van der Waals surface area contributed by atoms with Crippen molar-refractivity contribution in [2.75, 3.05) is 25.4 Å². The minimum Gasteiger partial charge on any atom is -0.308 e. The van der Waals surface area contributed by atoms with Crippen molar-refractivity contribution in [1.29, 1.82) is 0 Å². The first-order valence-corrected chi connectivity index (χ1v) is 10.1. The predicted octanol–water partition coefficient (Wildman–Crippen LogP) is 2.44. The minimum absolute atomic E-state index is 0.0927. The maximum atomic E-state index is 12.1. The Balaban J connectivity index is 2.90. The fraction of sp³-hybridized carbons (Fsp3) is 1.00. The van der Waals surface area contributed by atoms with Crippen molar-refractivity contribution in [2.45, 2.75) is 77.1 Å². The number of hydrogen-bond donors (Lipinski definition) is 1. The smallest absolute Gasteiger partial charge is 0.153 e. The maximum Gasteiger partial charge on any atom is 0.153 e. The third kappa shape index (κ3) is 4.20. The Labute approximate surface area is 131 Å². The lowest BCUT2D eigenvalue weighted by atomic mass is 9.83. The van der Waals surface area contributed by atoms with Crippen molar-refractivity contribution in [3.05, 3.63) is 0 Å². The molecule has 1 aliphatic rings. The first-order valence-electron chi connectivity index (χ1n) is 8.36. The predicted molar refractivity (Wildman–Crippen MR) is 90.5 cm³/mol. The van der Waals surface area contributed by atoms with Crippen LogP contribution in [0.25, 0.3) is 0 Å². The molecule has 21 heavy (non-hydrogen) atoms. The molecule has 1 heterocycles. The van der Waals surface area contributed by atoms with E-state index in [9.17, 15) is 8.42 Å². The third-order valence-corrected chi connectivity index (χ3v) is 7.70. The van der Waals surface area contributed by atoms with E-state index < -0.39 is 9.84 Å². The Bertz CT molecular complexity index is 430. The summed E-state index contributed by atoms with van der Waals surface area (Å²) in [5.41, 5.74) is 0.191. The molecule has 126 valence electrons. The van der Waals surface area contributed by atoms with Gasteiger partial charge in [-0.1, -0.05) is 20.8 Å². The highest BCUT2D eigenvalue weighted by Gasteiger charge is 2.43. The van der Waals surface area contributed by atoms with Gasteiger partial charge in [-0.25, -0.2) is 8.42 Å². The van der Waals surface area contributed by atoms with Crippen LogP contribution in [-0.4, -0.2) is 55.0 Å². The highest BCUT2D eigenvalue weighted by Crippen LogP contribution is 2.31. The van der Waals surface area contributed by atoms with Gasteiger partial charge >= 0.3 is 0 Å². The first-order chi connectivity index (χ1) is 9.64. The van der Waals surface area contributed by atoms with Crippen LogP contribution in [0.4, 0.5) is 0 Å². The van der Waals surface area contributed by atoms with Crippen LogP contribution in [0.2, 0.25) is 0 Å². The van der Waals surface area contributed by atoms with Crippen LogP contribution in [0.1, 0.15) is 60.8 Å². The second-order valence-corrected chi connectivity index (χ2v) is 9.71. The van der Waals surface area contributed by atoms with E-state index in [1.807, 2.05) is 0 Å². The lowest BCUT2D eigenvalue weighted by Gasteiger charge is -2.53. The van der Waals surface area contributed by atoms with E-state index >= 15 is 0 Å². The van der Waals surface area contributed by atoms with Gasteiger partial charge in [0.2, 0.25) is 0 Å². The monoisotopic (exact) mass is 318 g/mol. The molecular weight excluding hydrogens is 284 g/mol. The van der Waals surface area contributed by atoms with Gasteiger partial charge in [-0.2, -0.15) is 0 Å². The van der Waals surface area contributed by atoms with E-state index in [2.05, 4.69) is 37.9 Å². The quantitative estimate of drug-likeness (QED) is 0.783. The summed E-state index contributed by atoms with van der Waals surface area (Å²) in [6, 6.07) is 0. The zero-order valence-corrected chi connectivity index (χ0v) is 15.5. The van der Waals surface area contributed by atoms with Crippen molar-refractivity contribution >= 4 is 9.84 Å². The molecule has 0 aromatic carbocycles. The Hall–Kier alpha value is -0.130. The normalized spacial score (nSPS) is 27.2. The van der Waals surface area contributed by atoms with E-state index in [0.29, 0.717) is 6.54 Å². The molecule has 1 atom stereocenters. The topological polar surface area (TPSA) is 49.4 Å². The van der Waals surface area contributed by atoms with Gasteiger partial charge in [0.25, 0.3) is 0 Å². The second kappa shape index (κ2) is 6.97. The van der Waals surface area contributed by atoms with Crippen molar-refractivity contribution in [1.82, 2.24) is 10.2 Å². The van der Waals surface area contributed by atoms with Gasteiger partial charge in [-0.05, 0) is 40.0 Å². The average Bonchev–Trinajstić information content (AvgIpc) is 2.46. The van der Waals surface area contributed by atoms with E-state index in [0.717, 1.165) is 32.4 Å². The molecule has 1 rings (SSSR count). The number of nitrogens with one attached hydrogen (secondary N) is 1. The highest BCUT2D eigenvalue weighted by molar-refractivity contribution is 7.92. The molecule has 0 aliphatic carbocycles. The molecule has 5 heteroatoms. The Morgan fingerprint density at radius 1 is 1.14 bits per heavy atom.